The average molecular weight is 302 g/mol. The molecular formula is C14H22O5S. The highest BCUT2D eigenvalue weighted by Crippen LogP contribution is 2.19. The Morgan fingerprint density at radius 2 is 2.20 bits per heavy atom. The van der Waals surface area contributed by atoms with E-state index in [2.05, 4.69) is 0 Å². The summed E-state index contributed by atoms with van der Waals surface area (Å²) in [6.07, 6.45) is 4.63. The first kappa shape index (κ1) is 17.2. The lowest BCUT2D eigenvalue weighted by atomic mass is 10.2. The fourth-order valence-corrected chi connectivity index (χ4v) is 2.44. The van der Waals surface area contributed by atoms with Crippen LogP contribution in [0.4, 0.5) is 0 Å². The van der Waals surface area contributed by atoms with Gasteiger partial charge in [0.05, 0.1) is 6.10 Å². The quantitative estimate of drug-likeness (QED) is 0.729. The molecule has 0 saturated carbocycles. The maximum Gasteiger partial charge on any atom is 0.330 e. The number of carboxylic acid groups (broad SMARTS) is 1. The third kappa shape index (κ3) is 7.07. The van der Waals surface area contributed by atoms with Crippen LogP contribution in [0.1, 0.15) is 39.5 Å². The summed E-state index contributed by atoms with van der Waals surface area (Å²) in [7, 11) is 0. The second-order valence-corrected chi connectivity index (χ2v) is 5.98. The van der Waals surface area contributed by atoms with Crippen LogP contribution in [0.5, 0.6) is 0 Å². The highest BCUT2D eigenvalue weighted by atomic mass is 32.2. The third-order valence-corrected chi connectivity index (χ3v) is 3.92. The molecule has 0 aromatic carbocycles. The van der Waals surface area contributed by atoms with Gasteiger partial charge in [-0.3, -0.25) is 4.79 Å². The van der Waals surface area contributed by atoms with E-state index in [4.69, 9.17) is 14.6 Å². The van der Waals surface area contributed by atoms with Gasteiger partial charge in [-0.05, 0) is 32.6 Å². The lowest BCUT2D eigenvalue weighted by molar-refractivity contribution is -0.182. The molecule has 2 atom stereocenters. The van der Waals surface area contributed by atoms with Crippen LogP contribution in [0.15, 0.2) is 11.6 Å². The minimum Gasteiger partial charge on any atom is -0.478 e. The summed E-state index contributed by atoms with van der Waals surface area (Å²) in [4.78, 5) is 21.8. The molecule has 114 valence electrons. The molecule has 0 amide bonds. The molecule has 1 heterocycles. The number of thioether (sulfide) groups is 1. The van der Waals surface area contributed by atoms with E-state index in [0.29, 0.717) is 18.8 Å². The molecule has 0 bridgehead atoms. The molecule has 1 saturated heterocycles. The zero-order chi connectivity index (χ0) is 15.0. The number of rotatable bonds is 7. The second-order valence-electron chi connectivity index (χ2n) is 4.78. The predicted octanol–water partition coefficient (Wildman–Crippen LogP) is 2.60. The summed E-state index contributed by atoms with van der Waals surface area (Å²) < 4.78 is 11.4. The monoisotopic (exact) mass is 302 g/mol. The smallest absolute Gasteiger partial charge is 0.330 e. The molecular weight excluding hydrogens is 280 g/mol. The number of ether oxygens (including phenoxy) is 2. The van der Waals surface area contributed by atoms with Gasteiger partial charge in [0.25, 0.3) is 0 Å². The van der Waals surface area contributed by atoms with Gasteiger partial charge in [0, 0.05) is 24.9 Å². The van der Waals surface area contributed by atoms with Crippen LogP contribution in [-0.4, -0.2) is 40.9 Å². The van der Waals surface area contributed by atoms with E-state index in [1.165, 1.54) is 18.7 Å². The van der Waals surface area contributed by atoms with Gasteiger partial charge in [0.15, 0.2) is 11.4 Å². The number of carboxylic acids is 1. The van der Waals surface area contributed by atoms with E-state index in [0.717, 1.165) is 19.3 Å². The minimum atomic E-state index is -0.933. The third-order valence-electron chi connectivity index (χ3n) is 2.98. The largest absolute Gasteiger partial charge is 0.478 e. The van der Waals surface area contributed by atoms with Gasteiger partial charge in [-0.2, -0.15) is 0 Å². The fourth-order valence-electron chi connectivity index (χ4n) is 1.80. The van der Waals surface area contributed by atoms with Crippen molar-refractivity contribution < 1.29 is 24.2 Å². The first-order chi connectivity index (χ1) is 9.49. The first-order valence-corrected chi connectivity index (χ1v) is 7.78. The predicted molar refractivity (Wildman–Crippen MR) is 77.6 cm³/mol. The second kappa shape index (κ2) is 9.15. The molecule has 0 radical (unpaired) electrons. The molecule has 5 nitrogen and oxygen atoms in total. The SMILES string of the molecule is CC(=O)SCC(CC=C(C)C(=O)O)OC1CCCCO1. The number of aliphatic carboxylic acids is 1. The van der Waals surface area contributed by atoms with Crippen molar-refractivity contribution in [2.45, 2.75) is 51.9 Å². The lowest BCUT2D eigenvalue weighted by Gasteiger charge is -2.27. The summed E-state index contributed by atoms with van der Waals surface area (Å²) in [6, 6.07) is 0. The summed E-state index contributed by atoms with van der Waals surface area (Å²) in [5.74, 6) is -0.421. The molecule has 20 heavy (non-hydrogen) atoms. The molecule has 1 N–H and O–H groups in total. The Labute approximate surface area is 123 Å². The minimum absolute atomic E-state index is 0.0297. The molecule has 1 fully saturated rings. The van der Waals surface area contributed by atoms with Crippen LogP contribution >= 0.6 is 11.8 Å². The van der Waals surface area contributed by atoms with Crippen molar-refractivity contribution >= 4 is 22.8 Å². The van der Waals surface area contributed by atoms with E-state index in [9.17, 15) is 9.59 Å². The average Bonchev–Trinajstić information content (AvgIpc) is 2.42. The van der Waals surface area contributed by atoms with E-state index < -0.39 is 5.97 Å². The Morgan fingerprint density at radius 1 is 1.45 bits per heavy atom. The molecule has 0 aromatic rings. The number of hydrogen-bond donors (Lipinski definition) is 1. The van der Waals surface area contributed by atoms with Crippen LogP contribution in [-0.2, 0) is 19.1 Å². The topological polar surface area (TPSA) is 72.8 Å². The van der Waals surface area contributed by atoms with Crippen LogP contribution in [0.3, 0.4) is 0 Å². The summed E-state index contributed by atoms with van der Waals surface area (Å²) >= 11 is 1.19. The molecule has 1 aliphatic rings. The summed E-state index contributed by atoms with van der Waals surface area (Å²) in [5.41, 5.74) is 0.288. The van der Waals surface area contributed by atoms with Gasteiger partial charge in [-0.15, -0.1) is 0 Å². The molecule has 0 aliphatic carbocycles. The molecule has 2 unspecified atom stereocenters. The van der Waals surface area contributed by atoms with E-state index in [1.807, 2.05) is 0 Å². The van der Waals surface area contributed by atoms with E-state index in [-0.39, 0.29) is 23.1 Å². The van der Waals surface area contributed by atoms with Crippen LogP contribution < -0.4 is 0 Å². The van der Waals surface area contributed by atoms with E-state index >= 15 is 0 Å². The molecule has 0 aromatic heterocycles. The van der Waals surface area contributed by atoms with E-state index in [1.54, 1.807) is 13.0 Å². The molecule has 0 spiro atoms. The normalized spacial score (nSPS) is 21.5. The van der Waals surface area contributed by atoms with Crippen molar-refractivity contribution in [1.82, 2.24) is 0 Å². The maximum absolute atomic E-state index is 11.1. The Bertz CT molecular complexity index is 361. The number of carbonyl (C=O) groups excluding carboxylic acids is 1. The summed E-state index contributed by atoms with van der Waals surface area (Å²) in [5, 5.41) is 8.87. The lowest BCUT2D eigenvalue weighted by Crippen LogP contribution is -2.29. The molecule has 1 rings (SSSR count). The molecule has 1 aliphatic heterocycles. The highest BCUT2D eigenvalue weighted by Gasteiger charge is 2.20. The first-order valence-electron chi connectivity index (χ1n) is 6.79. The Kier molecular flexibility index (Phi) is 7.87. The van der Waals surface area contributed by atoms with Crippen LogP contribution in [0.2, 0.25) is 0 Å². The Hall–Kier alpha value is -0.850. The van der Waals surface area contributed by atoms with Crippen LogP contribution in [0, 0.1) is 0 Å². The van der Waals surface area contributed by atoms with Gasteiger partial charge in [-0.25, -0.2) is 4.79 Å². The zero-order valence-corrected chi connectivity index (χ0v) is 12.8. The number of hydrogen-bond acceptors (Lipinski definition) is 5. The Morgan fingerprint density at radius 3 is 2.75 bits per heavy atom. The van der Waals surface area contributed by atoms with Crippen molar-refractivity contribution in [2.75, 3.05) is 12.4 Å². The number of carbonyl (C=O) groups is 2. The fraction of sp³-hybridized carbons (Fsp3) is 0.714. The van der Waals surface area contributed by atoms with Gasteiger partial charge in [0.1, 0.15) is 0 Å². The van der Waals surface area contributed by atoms with Crippen molar-refractivity contribution in [3.8, 4) is 0 Å². The Balaban J connectivity index is 2.51. The maximum atomic E-state index is 11.1. The standard InChI is InChI=1S/C14H22O5S/c1-10(14(16)17)6-7-12(9-20-11(2)15)19-13-5-3-4-8-18-13/h6,12-13H,3-5,7-9H2,1-2H3,(H,16,17). The van der Waals surface area contributed by atoms with Crippen molar-refractivity contribution in [2.24, 2.45) is 0 Å². The highest BCUT2D eigenvalue weighted by molar-refractivity contribution is 8.13. The van der Waals surface area contributed by atoms with Crippen molar-refractivity contribution in [3.05, 3.63) is 11.6 Å². The van der Waals surface area contributed by atoms with Gasteiger partial charge >= 0.3 is 5.97 Å². The van der Waals surface area contributed by atoms with Gasteiger partial charge in [0.2, 0.25) is 0 Å². The van der Waals surface area contributed by atoms with Gasteiger partial charge in [-0.1, -0.05) is 17.8 Å². The van der Waals surface area contributed by atoms with Crippen molar-refractivity contribution in [3.63, 3.8) is 0 Å². The summed E-state index contributed by atoms with van der Waals surface area (Å²) in [6.45, 7) is 3.76. The molecule has 6 heteroatoms. The zero-order valence-electron chi connectivity index (χ0n) is 12.0. The van der Waals surface area contributed by atoms with Crippen molar-refractivity contribution in [1.29, 1.82) is 0 Å². The van der Waals surface area contributed by atoms with Gasteiger partial charge < -0.3 is 14.6 Å². The van der Waals surface area contributed by atoms with Crippen LogP contribution in [0.25, 0.3) is 0 Å².